The zero-order chi connectivity index (χ0) is 14.5. The van der Waals surface area contributed by atoms with E-state index in [1.54, 1.807) is 24.3 Å². The molecule has 1 saturated heterocycles. The fourth-order valence-electron chi connectivity index (χ4n) is 2.26. The maximum Gasteiger partial charge on any atom is 0.254 e. The number of hydrogen-bond acceptors (Lipinski definition) is 3. The Bertz CT molecular complexity index is 448. The molecule has 1 aromatic rings. The molecule has 0 aliphatic carbocycles. The van der Waals surface area contributed by atoms with Crippen molar-refractivity contribution >= 4 is 17.5 Å². The van der Waals surface area contributed by atoms with Crippen LogP contribution in [-0.2, 0) is 4.74 Å². The average Bonchev–Trinajstić information content (AvgIpc) is 2.45. The summed E-state index contributed by atoms with van der Waals surface area (Å²) in [6, 6.07) is 7.04. The van der Waals surface area contributed by atoms with Crippen molar-refractivity contribution in [3.8, 4) is 0 Å². The predicted molar refractivity (Wildman–Crippen MR) is 80.3 cm³/mol. The first-order valence-corrected chi connectivity index (χ1v) is 7.25. The molecule has 4 nitrogen and oxygen atoms in total. The lowest BCUT2D eigenvalue weighted by Gasteiger charge is -2.33. The summed E-state index contributed by atoms with van der Waals surface area (Å²) in [6.45, 7) is 2.89. The molecule has 0 N–H and O–H groups in total. The number of ether oxygens (including phenoxy) is 1. The quantitative estimate of drug-likeness (QED) is 0.853. The molecule has 1 aliphatic heterocycles. The van der Waals surface area contributed by atoms with Gasteiger partial charge in [0.25, 0.3) is 5.91 Å². The summed E-state index contributed by atoms with van der Waals surface area (Å²) < 4.78 is 5.72. The Hall–Kier alpha value is -1.10. The van der Waals surface area contributed by atoms with Crippen molar-refractivity contribution in [1.82, 2.24) is 9.80 Å². The number of benzene rings is 1. The number of nitrogens with zero attached hydrogens (tertiary/aromatic N) is 2. The third kappa shape index (κ3) is 4.20. The number of amides is 1. The van der Waals surface area contributed by atoms with Crippen molar-refractivity contribution in [2.75, 3.05) is 40.3 Å². The zero-order valence-electron chi connectivity index (χ0n) is 12.0. The van der Waals surface area contributed by atoms with Gasteiger partial charge in [-0.1, -0.05) is 11.6 Å². The lowest BCUT2D eigenvalue weighted by Crippen LogP contribution is -2.46. The molecule has 0 saturated carbocycles. The van der Waals surface area contributed by atoms with E-state index in [1.807, 2.05) is 19.0 Å². The van der Waals surface area contributed by atoms with Gasteiger partial charge in [0, 0.05) is 30.2 Å². The summed E-state index contributed by atoms with van der Waals surface area (Å²) in [7, 11) is 4.08. The van der Waals surface area contributed by atoms with E-state index in [-0.39, 0.29) is 12.0 Å². The third-order valence-electron chi connectivity index (χ3n) is 3.42. The summed E-state index contributed by atoms with van der Waals surface area (Å²) in [5, 5.41) is 0.646. The Morgan fingerprint density at radius 3 is 2.75 bits per heavy atom. The fraction of sp³-hybridized carbons (Fsp3) is 0.533. The van der Waals surface area contributed by atoms with Gasteiger partial charge in [0.15, 0.2) is 0 Å². The van der Waals surface area contributed by atoms with E-state index >= 15 is 0 Å². The van der Waals surface area contributed by atoms with E-state index in [0.29, 0.717) is 30.3 Å². The molecule has 1 aromatic carbocycles. The first kappa shape index (κ1) is 15.3. The van der Waals surface area contributed by atoms with Crippen LogP contribution in [0, 0.1) is 0 Å². The van der Waals surface area contributed by atoms with Gasteiger partial charge >= 0.3 is 0 Å². The molecular formula is C15H21ClN2O2. The molecule has 5 heteroatoms. The van der Waals surface area contributed by atoms with E-state index < -0.39 is 0 Å². The van der Waals surface area contributed by atoms with Gasteiger partial charge in [0.1, 0.15) is 0 Å². The van der Waals surface area contributed by atoms with Crippen LogP contribution in [0.3, 0.4) is 0 Å². The minimum absolute atomic E-state index is 0.0554. The number of morpholine rings is 1. The highest BCUT2D eigenvalue weighted by molar-refractivity contribution is 6.30. The standard InChI is InChI=1S/C15H21ClN2O2/c1-17(2)8-7-14-11-18(9-10-20-14)15(19)12-3-5-13(16)6-4-12/h3-6,14H,7-11H2,1-2H3/t14-/m0/s1. The SMILES string of the molecule is CN(C)CC[C@H]1CN(C(=O)c2ccc(Cl)cc2)CCO1. The molecule has 0 bridgehead atoms. The van der Waals surface area contributed by atoms with Gasteiger partial charge in [-0.25, -0.2) is 0 Å². The van der Waals surface area contributed by atoms with Crippen molar-refractivity contribution in [2.45, 2.75) is 12.5 Å². The molecule has 1 fully saturated rings. The molecule has 0 spiro atoms. The topological polar surface area (TPSA) is 32.8 Å². The maximum absolute atomic E-state index is 12.4. The van der Waals surface area contributed by atoms with Crippen molar-refractivity contribution < 1.29 is 9.53 Å². The van der Waals surface area contributed by atoms with E-state index in [2.05, 4.69) is 4.90 Å². The van der Waals surface area contributed by atoms with Gasteiger partial charge in [-0.2, -0.15) is 0 Å². The summed E-state index contributed by atoms with van der Waals surface area (Å²) in [4.78, 5) is 16.4. The van der Waals surface area contributed by atoms with Gasteiger partial charge in [-0.3, -0.25) is 4.79 Å². The molecule has 1 amide bonds. The average molecular weight is 297 g/mol. The molecule has 2 rings (SSSR count). The summed E-state index contributed by atoms with van der Waals surface area (Å²) in [6.07, 6.45) is 1.07. The highest BCUT2D eigenvalue weighted by Crippen LogP contribution is 2.15. The van der Waals surface area contributed by atoms with Crippen molar-refractivity contribution in [3.05, 3.63) is 34.9 Å². The van der Waals surface area contributed by atoms with Gasteiger partial charge in [0.2, 0.25) is 0 Å². The minimum Gasteiger partial charge on any atom is -0.374 e. The highest BCUT2D eigenvalue weighted by Gasteiger charge is 2.24. The van der Waals surface area contributed by atoms with Crippen molar-refractivity contribution in [2.24, 2.45) is 0 Å². The van der Waals surface area contributed by atoms with Crippen LogP contribution in [-0.4, -0.2) is 62.1 Å². The van der Waals surface area contributed by atoms with Crippen molar-refractivity contribution in [1.29, 1.82) is 0 Å². The summed E-state index contributed by atoms with van der Waals surface area (Å²) in [5.41, 5.74) is 0.683. The van der Waals surface area contributed by atoms with Crippen LogP contribution in [0.25, 0.3) is 0 Å². The predicted octanol–water partition coefficient (Wildman–Crippen LogP) is 2.13. The molecule has 0 radical (unpaired) electrons. The molecule has 1 atom stereocenters. The highest BCUT2D eigenvalue weighted by atomic mass is 35.5. The Labute approximate surface area is 125 Å². The summed E-state index contributed by atoms with van der Waals surface area (Å²) >= 11 is 5.85. The van der Waals surface area contributed by atoms with Crippen LogP contribution in [0.4, 0.5) is 0 Å². The van der Waals surface area contributed by atoms with Crippen LogP contribution in [0.2, 0.25) is 5.02 Å². The largest absolute Gasteiger partial charge is 0.374 e. The van der Waals surface area contributed by atoms with E-state index in [1.165, 1.54) is 0 Å². The second-order valence-corrected chi connectivity index (χ2v) is 5.78. The number of hydrogen-bond donors (Lipinski definition) is 0. The van der Waals surface area contributed by atoms with Crippen LogP contribution >= 0.6 is 11.6 Å². The van der Waals surface area contributed by atoms with E-state index in [4.69, 9.17) is 16.3 Å². The number of rotatable bonds is 4. The molecule has 20 heavy (non-hydrogen) atoms. The Morgan fingerprint density at radius 2 is 2.10 bits per heavy atom. The number of halogens is 1. The Balaban J connectivity index is 1.94. The molecule has 110 valence electrons. The van der Waals surface area contributed by atoms with Gasteiger partial charge in [-0.05, 0) is 44.8 Å². The van der Waals surface area contributed by atoms with Gasteiger partial charge in [0.05, 0.1) is 12.7 Å². The van der Waals surface area contributed by atoms with E-state index in [0.717, 1.165) is 13.0 Å². The Kier molecular flexibility index (Phi) is 5.40. The number of carbonyl (C=O) groups excluding carboxylic acids is 1. The minimum atomic E-state index is 0.0554. The smallest absolute Gasteiger partial charge is 0.254 e. The van der Waals surface area contributed by atoms with Crippen LogP contribution < -0.4 is 0 Å². The molecular weight excluding hydrogens is 276 g/mol. The molecule has 0 aromatic heterocycles. The molecule has 1 heterocycles. The maximum atomic E-state index is 12.4. The van der Waals surface area contributed by atoms with Crippen LogP contribution in [0.5, 0.6) is 0 Å². The first-order chi connectivity index (χ1) is 9.56. The summed E-state index contributed by atoms with van der Waals surface area (Å²) in [5.74, 6) is 0.0554. The monoisotopic (exact) mass is 296 g/mol. The second kappa shape index (κ2) is 7.07. The fourth-order valence-corrected chi connectivity index (χ4v) is 2.38. The lowest BCUT2D eigenvalue weighted by molar-refractivity contribution is -0.0269. The molecule has 0 unspecified atom stereocenters. The molecule has 1 aliphatic rings. The van der Waals surface area contributed by atoms with Crippen LogP contribution in [0.15, 0.2) is 24.3 Å². The third-order valence-corrected chi connectivity index (χ3v) is 3.67. The van der Waals surface area contributed by atoms with Gasteiger partial charge in [-0.15, -0.1) is 0 Å². The zero-order valence-corrected chi connectivity index (χ0v) is 12.8. The first-order valence-electron chi connectivity index (χ1n) is 6.87. The lowest BCUT2D eigenvalue weighted by atomic mass is 10.1. The number of carbonyl (C=O) groups is 1. The Morgan fingerprint density at radius 1 is 1.40 bits per heavy atom. The normalized spacial score (nSPS) is 19.4. The van der Waals surface area contributed by atoms with Gasteiger partial charge < -0.3 is 14.5 Å². The second-order valence-electron chi connectivity index (χ2n) is 5.34. The van der Waals surface area contributed by atoms with E-state index in [9.17, 15) is 4.79 Å². The van der Waals surface area contributed by atoms with Crippen LogP contribution in [0.1, 0.15) is 16.8 Å². The van der Waals surface area contributed by atoms with Crippen molar-refractivity contribution in [3.63, 3.8) is 0 Å².